The maximum Gasteiger partial charge on any atom is 0.274 e. The van der Waals surface area contributed by atoms with Gasteiger partial charge in [0.25, 0.3) is 11.5 Å². The van der Waals surface area contributed by atoms with Gasteiger partial charge in [0, 0.05) is 32.2 Å². The fourth-order valence-electron chi connectivity index (χ4n) is 3.06. The van der Waals surface area contributed by atoms with Gasteiger partial charge in [0.05, 0.1) is 20.6 Å². The number of piperazine rings is 1. The first-order valence-electron chi connectivity index (χ1n) is 8.85. The Labute approximate surface area is 161 Å². The van der Waals surface area contributed by atoms with Crippen molar-refractivity contribution in [3.05, 3.63) is 51.9 Å². The summed E-state index contributed by atoms with van der Waals surface area (Å²) in [6.07, 6.45) is 0.246. The Morgan fingerprint density at radius 3 is 2.29 bits per heavy atom. The third-order valence-corrected chi connectivity index (χ3v) is 4.62. The van der Waals surface area contributed by atoms with Gasteiger partial charge in [0.2, 0.25) is 5.91 Å². The maximum atomic E-state index is 12.6. The molecule has 1 aliphatic heterocycles. The molecule has 9 nitrogen and oxygen atoms in total. The molecule has 1 saturated heterocycles. The summed E-state index contributed by atoms with van der Waals surface area (Å²) in [4.78, 5) is 39.5. The first-order chi connectivity index (χ1) is 13.5. The quantitative estimate of drug-likeness (QED) is 0.793. The van der Waals surface area contributed by atoms with E-state index in [0.717, 1.165) is 5.56 Å². The number of methoxy groups -OCH3 is 2. The van der Waals surface area contributed by atoms with Crippen LogP contribution in [0.5, 0.6) is 11.5 Å². The number of hydrogen-bond donors (Lipinski definition) is 1. The zero-order chi connectivity index (χ0) is 20.1. The Balaban J connectivity index is 1.57. The lowest BCUT2D eigenvalue weighted by Crippen LogP contribution is -2.51. The number of H-pyrrole nitrogens is 1. The van der Waals surface area contributed by atoms with Crippen LogP contribution in [0.15, 0.2) is 35.1 Å². The maximum absolute atomic E-state index is 12.6. The number of nitrogens with one attached hydrogen (secondary N) is 1. The van der Waals surface area contributed by atoms with Gasteiger partial charge in [-0.3, -0.25) is 14.4 Å². The van der Waals surface area contributed by atoms with Crippen LogP contribution in [0, 0.1) is 0 Å². The van der Waals surface area contributed by atoms with Crippen molar-refractivity contribution in [1.29, 1.82) is 0 Å². The molecule has 3 rings (SSSR count). The van der Waals surface area contributed by atoms with Crippen LogP contribution in [0.3, 0.4) is 0 Å². The predicted octanol–water partition coefficient (Wildman–Crippen LogP) is 0.314. The monoisotopic (exact) mass is 386 g/mol. The molecule has 1 aromatic carbocycles. The van der Waals surface area contributed by atoms with Crippen molar-refractivity contribution in [1.82, 2.24) is 20.0 Å². The van der Waals surface area contributed by atoms with Gasteiger partial charge in [-0.25, -0.2) is 5.10 Å². The molecule has 1 N–H and O–H groups in total. The normalized spacial score (nSPS) is 13.9. The fraction of sp³-hybridized carbons (Fsp3) is 0.368. The molecule has 148 valence electrons. The van der Waals surface area contributed by atoms with E-state index in [9.17, 15) is 14.4 Å². The third kappa shape index (κ3) is 4.30. The Morgan fingerprint density at radius 1 is 1.00 bits per heavy atom. The summed E-state index contributed by atoms with van der Waals surface area (Å²) in [7, 11) is 3.11. The molecule has 9 heteroatoms. The van der Waals surface area contributed by atoms with Crippen molar-refractivity contribution in [3.8, 4) is 11.5 Å². The van der Waals surface area contributed by atoms with Gasteiger partial charge in [-0.2, -0.15) is 5.10 Å². The summed E-state index contributed by atoms with van der Waals surface area (Å²) >= 11 is 0. The van der Waals surface area contributed by atoms with Gasteiger partial charge < -0.3 is 19.3 Å². The minimum Gasteiger partial charge on any atom is -0.493 e. The van der Waals surface area contributed by atoms with Crippen molar-refractivity contribution in [2.45, 2.75) is 6.42 Å². The molecule has 1 fully saturated rings. The second-order valence-corrected chi connectivity index (χ2v) is 6.35. The zero-order valence-electron chi connectivity index (χ0n) is 15.8. The zero-order valence-corrected chi connectivity index (χ0v) is 15.8. The first-order valence-corrected chi connectivity index (χ1v) is 8.85. The molecular weight excluding hydrogens is 364 g/mol. The minimum atomic E-state index is -0.359. The van der Waals surface area contributed by atoms with Gasteiger partial charge in [-0.1, -0.05) is 6.07 Å². The summed E-state index contributed by atoms with van der Waals surface area (Å²) in [6, 6.07) is 8.06. The van der Waals surface area contributed by atoms with Crippen LogP contribution < -0.4 is 15.0 Å². The highest BCUT2D eigenvalue weighted by atomic mass is 16.5. The lowest BCUT2D eigenvalue weighted by atomic mass is 10.1. The van der Waals surface area contributed by atoms with Crippen LogP contribution in [-0.2, 0) is 11.2 Å². The molecule has 0 spiro atoms. The van der Waals surface area contributed by atoms with Crippen LogP contribution in [0.25, 0.3) is 0 Å². The van der Waals surface area contributed by atoms with Crippen molar-refractivity contribution in [2.75, 3.05) is 40.4 Å². The number of aromatic amines is 1. The van der Waals surface area contributed by atoms with Crippen molar-refractivity contribution < 1.29 is 19.1 Å². The lowest BCUT2D eigenvalue weighted by molar-refractivity contribution is -0.131. The number of rotatable bonds is 5. The second kappa shape index (κ2) is 8.55. The van der Waals surface area contributed by atoms with Gasteiger partial charge in [0.1, 0.15) is 5.69 Å². The summed E-state index contributed by atoms with van der Waals surface area (Å²) in [5.74, 6) is 0.919. The van der Waals surface area contributed by atoms with Gasteiger partial charge in [-0.15, -0.1) is 0 Å². The van der Waals surface area contributed by atoms with Gasteiger partial charge in [0.15, 0.2) is 11.5 Å². The van der Waals surface area contributed by atoms with E-state index >= 15 is 0 Å². The molecular formula is C19H22N4O5. The van der Waals surface area contributed by atoms with E-state index in [1.165, 1.54) is 12.1 Å². The highest BCUT2D eigenvalue weighted by molar-refractivity contribution is 5.92. The van der Waals surface area contributed by atoms with Crippen LogP contribution in [-0.4, -0.2) is 72.2 Å². The number of ether oxygens (including phenoxy) is 2. The molecule has 2 amide bonds. The Hall–Kier alpha value is -3.36. The molecule has 1 aliphatic rings. The van der Waals surface area contributed by atoms with Crippen molar-refractivity contribution in [2.24, 2.45) is 0 Å². The SMILES string of the molecule is COc1ccc(CC(=O)N2CCN(C(=O)c3ccc(=O)[nH]n3)CC2)cc1OC. The lowest BCUT2D eigenvalue weighted by Gasteiger charge is -2.34. The average molecular weight is 386 g/mol. The summed E-state index contributed by atoms with van der Waals surface area (Å²) in [6.45, 7) is 1.72. The van der Waals surface area contributed by atoms with E-state index in [1.807, 2.05) is 6.07 Å². The number of benzene rings is 1. The molecule has 0 atom stereocenters. The van der Waals surface area contributed by atoms with E-state index in [4.69, 9.17) is 9.47 Å². The summed E-state index contributed by atoms with van der Waals surface area (Å²) in [5.41, 5.74) is 0.658. The first kappa shape index (κ1) is 19.4. The van der Waals surface area contributed by atoms with Crippen LogP contribution in [0.4, 0.5) is 0 Å². The van der Waals surface area contributed by atoms with E-state index in [-0.39, 0.29) is 29.5 Å². The van der Waals surface area contributed by atoms with Crippen molar-refractivity contribution >= 4 is 11.8 Å². The standard InChI is InChI=1S/C19H22N4O5/c1-27-15-5-3-13(11-16(15)28-2)12-18(25)22-7-9-23(10-8-22)19(26)14-4-6-17(24)21-20-14/h3-6,11H,7-10,12H2,1-2H3,(H,21,24). The molecule has 0 bridgehead atoms. The molecule has 2 heterocycles. The highest BCUT2D eigenvalue weighted by Gasteiger charge is 2.25. The number of carbonyl (C=O) groups excluding carboxylic acids is 2. The van der Waals surface area contributed by atoms with E-state index in [0.29, 0.717) is 37.7 Å². The predicted molar refractivity (Wildman–Crippen MR) is 101 cm³/mol. The Morgan fingerprint density at radius 2 is 1.68 bits per heavy atom. The smallest absolute Gasteiger partial charge is 0.274 e. The molecule has 0 radical (unpaired) electrons. The Bertz CT molecular complexity index is 898. The van der Waals surface area contributed by atoms with Crippen LogP contribution in [0.2, 0.25) is 0 Å². The van der Waals surface area contributed by atoms with Crippen molar-refractivity contribution in [3.63, 3.8) is 0 Å². The minimum absolute atomic E-state index is 0.0125. The number of aromatic nitrogens is 2. The Kier molecular flexibility index (Phi) is 5.93. The number of carbonyl (C=O) groups is 2. The summed E-state index contributed by atoms with van der Waals surface area (Å²) in [5, 5.41) is 6.02. The molecule has 0 aliphatic carbocycles. The topological polar surface area (TPSA) is 105 Å². The number of hydrogen-bond acceptors (Lipinski definition) is 6. The molecule has 0 saturated carbocycles. The third-order valence-electron chi connectivity index (χ3n) is 4.62. The van der Waals surface area contributed by atoms with E-state index < -0.39 is 0 Å². The van der Waals surface area contributed by atoms with Gasteiger partial charge >= 0.3 is 0 Å². The highest BCUT2D eigenvalue weighted by Crippen LogP contribution is 2.27. The molecule has 2 aromatic rings. The van der Waals surface area contributed by atoms with E-state index in [2.05, 4.69) is 10.2 Å². The summed E-state index contributed by atoms with van der Waals surface area (Å²) < 4.78 is 10.5. The molecule has 1 aromatic heterocycles. The van der Waals surface area contributed by atoms with Crippen LogP contribution in [0.1, 0.15) is 16.1 Å². The number of amides is 2. The largest absolute Gasteiger partial charge is 0.493 e. The van der Waals surface area contributed by atoms with Gasteiger partial charge in [-0.05, 0) is 23.8 Å². The fourth-order valence-corrected chi connectivity index (χ4v) is 3.06. The second-order valence-electron chi connectivity index (χ2n) is 6.35. The van der Waals surface area contributed by atoms with E-state index in [1.54, 1.807) is 36.2 Å². The average Bonchev–Trinajstić information content (AvgIpc) is 2.73. The molecule has 28 heavy (non-hydrogen) atoms. The molecule has 0 unspecified atom stereocenters. The number of nitrogens with zero attached hydrogens (tertiary/aromatic N) is 3. The van der Waals surface area contributed by atoms with Crippen LogP contribution >= 0.6 is 0 Å².